The molecule has 2 N–H and O–H groups in total. The lowest BCUT2D eigenvalue weighted by atomic mass is 10.0. The standard InChI is InChI=1S/C16H25FN2O/c1-4-15(18)8-13-7-14(17)5-6-16(13)19-9-12(3)20-10-11(19)2/h5-7,11-12,15H,4,8-10,18H2,1-3H3. The lowest BCUT2D eigenvalue weighted by Gasteiger charge is -2.39. The SMILES string of the molecule is CCC(N)Cc1cc(F)ccc1N1CC(C)OCC1C. The molecule has 0 bridgehead atoms. The number of nitrogens with zero attached hydrogens (tertiary/aromatic N) is 1. The van der Waals surface area contributed by atoms with E-state index in [4.69, 9.17) is 10.5 Å². The van der Waals surface area contributed by atoms with Crippen LogP contribution in [0.1, 0.15) is 32.8 Å². The van der Waals surface area contributed by atoms with Crippen LogP contribution < -0.4 is 10.6 Å². The molecule has 3 unspecified atom stereocenters. The van der Waals surface area contributed by atoms with Crippen LogP contribution in [0.15, 0.2) is 18.2 Å². The molecule has 0 aliphatic carbocycles. The first kappa shape index (κ1) is 15.3. The molecule has 1 heterocycles. The minimum absolute atomic E-state index is 0.0734. The fraction of sp³-hybridized carbons (Fsp3) is 0.625. The maximum Gasteiger partial charge on any atom is 0.123 e. The van der Waals surface area contributed by atoms with Crippen LogP contribution in [0.4, 0.5) is 10.1 Å². The van der Waals surface area contributed by atoms with Crippen molar-refractivity contribution in [1.82, 2.24) is 0 Å². The highest BCUT2D eigenvalue weighted by atomic mass is 19.1. The Kier molecular flexibility index (Phi) is 5.00. The van der Waals surface area contributed by atoms with Crippen molar-refractivity contribution in [2.45, 2.75) is 51.8 Å². The van der Waals surface area contributed by atoms with E-state index >= 15 is 0 Å². The maximum atomic E-state index is 13.6. The van der Waals surface area contributed by atoms with E-state index in [2.05, 4.69) is 25.7 Å². The number of benzene rings is 1. The Bertz CT molecular complexity index is 452. The van der Waals surface area contributed by atoms with E-state index in [9.17, 15) is 4.39 Å². The van der Waals surface area contributed by atoms with Gasteiger partial charge in [0, 0.05) is 24.3 Å². The van der Waals surface area contributed by atoms with Gasteiger partial charge in [-0.05, 0) is 50.5 Å². The number of halogens is 1. The average molecular weight is 280 g/mol. The van der Waals surface area contributed by atoms with Crippen molar-refractivity contribution in [3.8, 4) is 0 Å². The predicted octanol–water partition coefficient (Wildman–Crippen LogP) is 2.72. The van der Waals surface area contributed by atoms with Crippen LogP contribution in [0.3, 0.4) is 0 Å². The monoisotopic (exact) mass is 280 g/mol. The van der Waals surface area contributed by atoms with E-state index in [1.807, 2.05) is 6.07 Å². The van der Waals surface area contributed by atoms with Gasteiger partial charge < -0.3 is 15.4 Å². The lowest BCUT2D eigenvalue weighted by Crippen LogP contribution is -2.48. The third kappa shape index (κ3) is 3.49. The molecule has 112 valence electrons. The van der Waals surface area contributed by atoms with Crippen molar-refractivity contribution in [2.75, 3.05) is 18.1 Å². The molecule has 20 heavy (non-hydrogen) atoms. The van der Waals surface area contributed by atoms with Crippen LogP contribution in [0.5, 0.6) is 0 Å². The topological polar surface area (TPSA) is 38.5 Å². The maximum absolute atomic E-state index is 13.6. The highest BCUT2D eigenvalue weighted by Gasteiger charge is 2.25. The van der Waals surface area contributed by atoms with Crippen LogP contribution >= 0.6 is 0 Å². The number of nitrogens with two attached hydrogens (primary N) is 1. The summed E-state index contributed by atoms with van der Waals surface area (Å²) in [5.74, 6) is -0.194. The van der Waals surface area contributed by atoms with E-state index in [0.717, 1.165) is 24.2 Å². The Morgan fingerprint density at radius 2 is 2.20 bits per heavy atom. The van der Waals surface area contributed by atoms with Gasteiger partial charge in [0.2, 0.25) is 0 Å². The van der Waals surface area contributed by atoms with E-state index in [1.54, 1.807) is 6.07 Å². The number of anilines is 1. The molecular formula is C16H25FN2O. The second-order valence-corrected chi connectivity index (χ2v) is 5.79. The summed E-state index contributed by atoms with van der Waals surface area (Å²) < 4.78 is 19.2. The van der Waals surface area contributed by atoms with E-state index < -0.39 is 0 Å². The van der Waals surface area contributed by atoms with Gasteiger partial charge in [-0.25, -0.2) is 4.39 Å². The van der Waals surface area contributed by atoms with Crippen molar-refractivity contribution < 1.29 is 9.13 Å². The molecule has 1 aromatic carbocycles. The third-order valence-corrected chi connectivity index (χ3v) is 3.97. The predicted molar refractivity (Wildman–Crippen MR) is 80.6 cm³/mol. The minimum atomic E-state index is -0.194. The zero-order chi connectivity index (χ0) is 14.7. The summed E-state index contributed by atoms with van der Waals surface area (Å²) in [6.07, 6.45) is 1.80. The highest BCUT2D eigenvalue weighted by Crippen LogP contribution is 2.27. The molecule has 0 amide bonds. The molecule has 3 atom stereocenters. The molecule has 4 heteroatoms. The fourth-order valence-electron chi connectivity index (χ4n) is 2.66. The molecule has 1 aliphatic heterocycles. The number of rotatable bonds is 4. The van der Waals surface area contributed by atoms with Crippen molar-refractivity contribution in [3.63, 3.8) is 0 Å². The van der Waals surface area contributed by atoms with Gasteiger partial charge in [0.05, 0.1) is 12.7 Å². The zero-order valence-corrected chi connectivity index (χ0v) is 12.6. The number of morpholine rings is 1. The Morgan fingerprint density at radius 1 is 1.45 bits per heavy atom. The molecule has 0 spiro atoms. The quantitative estimate of drug-likeness (QED) is 0.921. The van der Waals surface area contributed by atoms with Crippen LogP contribution in [-0.4, -0.2) is 31.3 Å². The molecule has 0 aromatic heterocycles. The van der Waals surface area contributed by atoms with Gasteiger partial charge in [-0.1, -0.05) is 6.92 Å². The fourth-order valence-corrected chi connectivity index (χ4v) is 2.66. The van der Waals surface area contributed by atoms with E-state index in [0.29, 0.717) is 19.1 Å². The normalized spacial score (nSPS) is 24.8. The molecule has 3 nitrogen and oxygen atoms in total. The Hall–Kier alpha value is -1.13. The van der Waals surface area contributed by atoms with E-state index in [1.165, 1.54) is 6.07 Å². The van der Waals surface area contributed by atoms with Crippen LogP contribution in [0.25, 0.3) is 0 Å². The summed E-state index contributed by atoms with van der Waals surface area (Å²) >= 11 is 0. The number of hydrogen-bond donors (Lipinski definition) is 1. The molecule has 2 rings (SSSR count). The van der Waals surface area contributed by atoms with Crippen molar-refractivity contribution in [3.05, 3.63) is 29.6 Å². The Labute approximate surface area is 120 Å². The van der Waals surface area contributed by atoms with Gasteiger partial charge in [-0.3, -0.25) is 0 Å². The van der Waals surface area contributed by atoms with Gasteiger partial charge in [0.1, 0.15) is 5.82 Å². The molecule has 0 saturated carbocycles. The van der Waals surface area contributed by atoms with Gasteiger partial charge in [0.15, 0.2) is 0 Å². The first-order chi connectivity index (χ1) is 9.51. The zero-order valence-electron chi connectivity index (χ0n) is 12.6. The summed E-state index contributed by atoms with van der Waals surface area (Å²) in [5, 5.41) is 0. The molecule has 1 fully saturated rings. The van der Waals surface area contributed by atoms with Crippen LogP contribution in [0, 0.1) is 5.82 Å². The smallest absolute Gasteiger partial charge is 0.123 e. The number of ether oxygens (including phenoxy) is 1. The van der Waals surface area contributed by atoms with Crippen molar-refractivity contribution >= 4 is 5.69 Å². The highest BCUT2D eigenvalue weighted by molar-refractivity contribution is 5.55. The summed E-state index contributed by atoms with van der Waals surface area (Å²) in [6, 6.07) is 5.40. The van der Waals surface area contributed by atoms with Crippen molar-refractivity contribution in [2.24, 2.45) is 5.73 Å². The first-order valence-corrected chi connectivity index (χ1v) is 7.43. The van der Waals surface area contributed by atoms with Crippen LogP contribution in [0.2, 0.25) is 0 Å². The summed E-state index contributed by atoms with van der Waals surface area (Å²) in [6.45, 7) is 7.81. The van der Waals surface area contributed by atoms with Gasteiger partial charge in [0.25, 0.3) is 0 Å². The second-order valence-electron chi connectivity index (χ2n) is 5.79. The van der Waals surface area contributed by atoms with Gasteiger partial charge in [-0.2, -0.15) is 0 Å². The third-order valence-electron chi connectivity index (χ3n) is 3.97. The summed E-state index contributed by atoms with van der Waals surface area (Å²) in [7, 11) is 0. The summed E-state index contributed by atoms with van der Waals surface area (Å²) in [4.78, 5) is 2.31. The Balaban J connectivity index is 2.29. The average Bonchev–Trinajstić information content (AvgIpc) is 2.42. The second kappa shape index (κ2) is 6.55. The van der Waals surface area contributed by atoms with E-state index in [-0.39, 0.29) is 18.0 Å². The minimum Gasteiger partial charge on any atom is -0.375 e. The molecule has 0 radical (unpaired) electrons. The lowest BCUT2D eigenvalue weighted by molar-refractivity contribution is 0.0343. The Morgan fingerprint density at radius 3 is 2.90 bits per heavy atom. The molecule has 1 saturated heterocycles. The molecular weight excluding hydrogens is 255 g/mol. The van der Waals surface area contributed by atoms with Crippen molar-refractivity contribution in [1.29, 1.82) is 0 Å². The molecule has 1 aliphatic rings. The van der Waals surface area contributed by atoms with Crippen LogP contribution in [-0.2, 0) is 11.2 Å². The van der Waals surface area contributed by atoms with Gasteiger partial charge in [-0.15, -0.1) is 0 Å². The first-order valence-electron chi connectivity index (χ1n) is 7.43. The largest absolute Gasteiger partial charge is 0.375 e. The molecule has 1 aromatic rings. The number of hydrogen-bond acceptors (Lipinski definition) is 3. The van der Waals surface area contributed by atoms with Gasteiger partial charge >= 0.3 is 0 Å². The summed E-state index contributed by atoms with van der Waals surface area (Å²) in [5.41, 5.74) is 8.15.